The number of hydrogen-bond donors (Lipinski definition) is 1. The minimum absolute atomic E-state index is 0.0950. The highest BCUT2D eigenvalue weighted by atomic mass is 16.6. The van der Waals surface area contributed by atoms with E-state index in [0.29, 0.717) is 22.3 Å². The van der Waals surface area contributed by atoms with Gasteiger partial charge in [0.2, 0.25) is 6.29 Å². The minimum atomic E-state index is -1.34. The van der Waals surface area contributed by atoms with Crippen LogP contribution in [0.5, 0.6) is 23.0 Å². The molecule has 0 saturated heterocycles. The van der Waals surface area contributed by atoms with Gasteiger partial charge in [0.1, 0.15) is 23.0 Å². The van der Waals surface area contributed by atoms with E-state index in [2.05, 4.69) is 26.3 Å². The van der Waals surface area contributed by atoms with Crippen LogP contribution in [0.1, 0.15) is 24.0 Å². The first-order valence-corrected chi connectivity index (χ1v) is 10.1. The van der Waals surface area contributed by atoms with Crippen molar-refractivity contribution >= 4 is 17.9 Å². The van der Waals surface area contributed by atoms with Gasteiger partial charge in [0.25, 0.3) is 0 Å². The highest BCUT2D eigenvalue weighted by molar-refractivity contribution is 5.90. The lowest BCUT2D eigenvalue weighted by Crippen LogP contribution is -2.13. The van der Waals surface area contributed by atoms with Crippen molar-refractivity contribution < 1.29 is 38.4 Å². The lowest BCUT2D eigenvalue weighted by molar-refractivity contribution is -0.130. The first kappa shape index (κ1) is 24.2. The van der Waals surface area contributed by atoms with Gasteiger partial charge in [0, 0.05) is 47.4 Å². The van der Waals surface area contributed by atoms with E-state index in [-0.39, 0.29) is 23.0 Å². The first-order chi connectivity index (χ1) is 16.2. The van der Waals surface area contributed by atoms with Gasteiger partial charge in [-0.05, 0) is 29.3 Å². The van der Waals surface area contributed by atoms with Crippen LogP contribution in [0.3, 0.4) is 0 Å². The second-order valence-electron chi connectivity index (χ2n) is 7.11. The van der Waals surface area contributed by atoms with Crippen LogP contribution in [0.4, 0.5) is 0 Å². The normalized spacial score (nSPS) is 14.0. The molecule has 2 atom stereocenters. The van der Waals surface area contributed by atoms with Crippen LogP contribution in [0, 0.1) is 0 Å². The van der Waals surface area contributed by atoms with Crippen molar-refractivity contribution in [3.63, 3.8) is 0 Å². The van der Waals surface area contributed by atoms with Gasteiger partial charge in [0.15, 0.2) is 0 Å². The highest BCUT2D eigenvalue weighted by Crippen LogP contribution is 2.54. The summed E-state index contributed by atoms with van der Waals surface area (Å²) in [6.45, 7) is 15.5. The molecule has 0 amide bonds. The summed E-state index contributed by atoms with van der Waals surface area (Å²) >= 11 is 0. The molecule has 0 heterocycles. The Hall–Kier alpha value is -4.43. The van der Waals surface area contributed by atoms with E-state index < -0.39 is 30.1 Å². The van der Waals surface area contributed by atoms with Crippen molar-refractivity contribution in [1.82, 2.24) is 0 Å². The van der Waals surface area contributed by atoms with E-state index in [9.17, 15) is 19.5 Å². The van der Waals surface area contributed by atoms with Gasteiger partial charge in [-0.15, -0.1) is 0 Å². The lowest BCUT2D eigenvalue weighted by atomic mass is 9.97. The van der Waals surface area contributed by atoms with Crippen LogP contribution in [-0.4, -0.2) is 29.3 Å². The molecule has 2 aromatic carbocycles. The van der Waals surface area contributed by atoms with Crippen molar-refractivity contribution in [3.8, 4) is 34.1 Å². The summed E-state index contributed by atoms with van der Waals surface area (Å²) in [7, 11) is 0. The molecular weight excluding hydrogens is 440 g/mol. The van der Waals surface area contributed by atoms with Gasteiger partial charge in [-0.1, -0.05) is 33.2 Å². The standard InChI is InChI=1S/C26H22O8/c1-6-21(27)31-15-10-17-18-11-16(32-22(28)7-2)13-20(34-24(30)9-4)26(18)14(5)25(17)19(12-15)33-23(29)8-3/h6-14,23,29H,1-4H2,5H3. The second-order valence-corrected chi connectivity index (χ2v) is 7.11. The Morgan fingerprint density at radius 3 is 1.71 bits per heavy atom. The number of rotatable bonds is 9. The van der Waals surface area contributed by atoms with Gasteiger partial charge >= 0.3 is 17.9 Å². The maximum atomic E-state index is 12.0. The largest absolute Gasteiger partial charge is 0.461 e. The average Bonchev–Trinajstić information content (AvgIpc) is 3.10. The molecule has 0 aliphatic heterocycles. The Balaban J connectivity index is 2.27. The fourth-order valence-electron chi connectivity index (χ4n) is 3.63. The molecule has 174 valence electrons. The predicted molar refractivity (Wildman–Crippen MR) is 124 cm³/mol. The third-order valence-electron chi connectivity index (χ3n) is 4.98. The van der Waals surface area contributed by atoms with Gasteiger partial charge in [0.05, 0.1) is 0 Å². The van der Waals surface area contributed by atoms with Crippen LogP contribution >= 0.6 is 0 Å². The average molecular weight is 462 g/mol. The Morgan fingerprint density at radius 2 is 1.24 bits per heavy atom. The van der Waals surface area contributed by atoms with E-state index >= 15 is 0 Å². The molecule has 1 aliphatic carbocycles. The molecule has 0 saturated carbocycles. The summed E-state index contributed by atoms with van der Waals surface area (Å²) in [6.07, 6.45) is 2.85. The molecule has 1 N–H and O–H groups in total. The monoisotopic (exact) mass is 462 g/mol. The first-order valence-electron chi connectivity index (χ1n) is 10.1. The minimum Gasteiger partial charge on any atom is -0.461 e. The summed E-state index contributed by atoms with van der Waals surface area (Å²) in [4.78, 5) is 35.6. The summed E-state index contributed by atoms with van der Waals surface area (Å²) < 4.78 is 21.6. The summed E-state index contributed by atoms with van der Waals surface area (Å²) in [5, 5.41) is 10.0. The summed E-state index contributed by atoms with van der Waals surface area (Å²) in [5.74, 6) is -1.95. The van der Waals surface area contributed by atoms with E-state index in [4.69, 9.17) is 18.9 Å². The second kappa shape index (κ2) is 10.0. The lowest BCUT2D eigenvalue weighted by Gasteiger charge is -2.18. The molecule has 1 aliphatic rings. The van der Waals surface area contributed by atoms with Crippen LogP contribution in [-0.2, 0) is 14.4 Å². The molecule has 0 fully saturated rings. The van der Waals surface area contributed by atoms with Crippen LogP contribution < -0.4 is 18.9 Å². The molecule has 0 aromatic heterocycles. The number of hydrogen-bond acceptors (Lipinski definition) is 8. The number of carbonyl (C=O) groups is 3. The Bertz CT molecular complexity index is 1220. The van der Waals surface area contributed by atoms with E-state index in [0.717, 1.165) is 18.2 Å². The number of aliphatic hydroxyl groups excluding tert-OH is 1. The predicted octanol–water partition coefficient (Wildman–Crippen LogP) is 3.98. The Morgan fingerprint density at radius 1 is 0.794 bits per heavy atom. The fourth-order valence-corrected chi connectivity index (χ4v) is 3.63. The van der Waals surface area contributed by atoms with Gasteiger partial charge < -0.3 is 24.1 Å². The Kier molecular flexibility index (Phi) is 7.13. The molecular formula is C26H22O8. The maximum absolute atomic E-state index is 12.0. The molecule has 8 heteroatoms. The van der Waals surface area contributed by atoms with Crippen LogP contribution in [0.2, 0.25) is 0 Å². The molecule has 8 nitrogen and oxygen atoms in total. The molecule has 2 aromatic rings. The zero-order valence-corrected chi connectivity index (χ0v) is 18.4. The number of carbonyl (C=O) groups excluding carboxylic acids is 3. The van der Waals surface area contributed by atoms with Crippen molar-refractivity contribution in [2.75, 3.05) is 0 Å². The molecule has 3 rings (SSSR count). The summed E-state index contributed by atoms with van der Waals surface area (Å²) in [6, 6.07) is 6.02. The smallest absolute Gasteiger partial charge is 0.335 e. The number of ether oxygens (including phenoxy) is 4. The van der Waals surface area contributed by atoms with Crippen molar-refractivity contribution in [1.29, 1.82) is 0 Å². The SMILES string of the molecule is C=CC(=O)Oc1cc(OC(=O)C=C)c2c(c1)-c1cc(OC(=O)C=C)cc(OC(O)C=C)c1C2C. The number of esters is 3. The maximum Gasteiger partial charge on any atom is 0.335 e. The highest BCUT2D eigenvalue weighted by Gasteiger charge is 2.34. The molecule has 0 spiro atoms. The molecule has 0 bridgehead atoms. The topological polar surface area (TPSA) is 108 Å². The van der Waals surface area contributed by atoms with Crippen molar-refractivity contribution in [3.05, 3.63) is 86.0 Å². The van der Waals surface area contributed by atoms with Crippen LogP contribution in [0.15, 0.2) is 74.9 Å². The van der Waals surface area contributed by atoms with E-state index in [1.807, 2.05) is 6.92 Å². The van der Waals surface area contributed by atoms with Gasteiger partial charge in [-0.3, -0.25) is 0 Å². The fraction of sp³-hybridized carbons (Fsp3) is 0.115. The summed E-state index contributed by atoms with van der Waals surface area (Å²) in [5.41, 5.74) is 2.31. The zero-order valence-electron chi connectivity index (χ0n) is 18.4. The number of aliphatic hydroxyl groups is 1. The quantitative estimate of drug-likeness (QED) is 0.196. The number of benzene rings is 2. The number of fused-ring (bicyclic) bond motifs is 3. The van der Waals surface area contributed by atoms with E-state index in [1.54, 1.807) is 12.1 Å². The van der Waals surface area contributed by atoms with Gasteiger partial charge in [-0.2, -0.15) is 0 Å². The molecule has 34 heavy (non-hydrogen) atoms. The zero-order chi connectivity index (χ0) is 25.0. The van der Waals surface area contributed by atoms with E-state index in [1.165, 1.54) is 18.2 Å². The van der Waals surface area contributed by atoms with Crippen molar-refractivity contribution in [2.24, 2.45) is 0 Å². The van der Waals surface area contributed by atoms with Crippen LogP contribution in [0.25, 0.3) is 11.1 Å². The molecule has 2 unspecified atom stereocenters. The van der Waals surface area contributed by atoms with Crippen molar-refractivity contribution in [2.45, 2.75) is 19.1 Å². The van der Waals surface area contributed by atoms with Gasteiger partial charge in [-0.25, -0.2) is 14.4 Å². The Labute approximate surface area is 196 Å². The third-order valence-corrected chi connectivity index (χ3v) is 4.98. The third kappa shape index (κ3) is 4.82. The molecule has 0 radical (unpaired) electrons.